The number of thioether (sulfide) groups is 1. The van der Waals surface area contributed by atoms with E-state index in [0.717, 1.165) is 17.0 Å². The molecule has 1 atom stereocenters. The van der Waals surface area contributed by atoms with Gasteiger partial charge in [0.1, 0.15) is 24.7 Å². The first-order valence-corrected chi connectivity index (χ1v) is 10.6. The Bertz CT molecular complexity index is 1100. The predicted octanol–water partition coefficient (Wildman–Crippen LogP) is 2.52. The number of hydrogen-bond donors (Lipinski definition) is 1. The topological polar surface area (TPSA) is 99.8 Å². The van der Waals surface area contributed by atoms with Crippen molar-refractivity contribution in [3.63, 3.8) is 0 Å². The van der Waals surface area contributed by atoms with Crippen molar-refractivity contribution in [3.8, 4) is 11.4 Å². The Balaban J connectivity index is 1.41. The minimum absolute atomic E-state index is 0.108. The number of nitrogens with zero attached hydrogens (tertiary/aromatic N) is 6. The number of carbonyl (C=O) groups is 1. The number of amides is 1. The molecular formula is C21H21N7O2S. The Labute approximate surface area is 183 Å². The molecule has 0 spiro atoms. The van der Waals surface area contributed by atoms with Gasteiger partial charge in [-0.3, -0.25) is 14.0 Å². The second-order valence-electron chi connectivity index (χ2n) is 6.62. The second-order valence-corrected chi connectivity index (χ2v) is 7.56. The summed E-state index contributed by atoms with van der Waals surface area (Å²) >= 11 is 1.32. The van der Waals surface area contributed by atoms with Crippen LogP contribution in [0.25, 0.3) is 5.69 Å². The number of methoxy groups -OCH3 is 1. The molecule has 1 unspecified atom stereocenters. The first-order valence-electron chi connectivity index (χ1n) is 9.57. The SMILES string of the molecule is COc1ccc(-n2cnnc2SCC(=O)NC(Cn2cncn2)c2ccccc2)cc1. The minimum atomic E-state index is -0.226. The molecule has 1 N–H and O–H groups in total. The molecule has 0 saturated heterocycles. The predicted molar refractivity (Wildman–Crippen MR) is 116 cm³/mol. The molecule has 4 rings (SSSR count). The molecule has 158 valence electrons. The molecule has 2 aromatic heterocycles. The van der Waals surface area contributed by atoms with Crippen LogP contribution >= 0.6 is 11.8 Å². The van der Waals surface area contributed by atoms with E-state index in [1.54, 1.807) is 24.4 Å². The van der Waals surface area contributed by atoms with Crippen LogP contribution in [0, 0.1) is 0 Å². The van der Waals surface area contributed by atoms with Crippen molar-refractivity contribution in [1.82, 2.24) is 34.8 Å². The maximum absolute atomic E-state index is 12.7. The number of carbonyl (C=O) groups excluding carboxylic acids is 1. The summed E-state index contributed by atoms with van der Waals surface area (Å²) in [6, 6.07) is 17.1. The Morgan fingerprint density at radius 1 is 1.13 bits per heavy atom. The molecule has 0 bridgehead atoms. The van der Waals surface area contributed by atoms with E-state index in [1.807, 2.05) is 59.2 Å². The van der Waals surface area contributed by atoms with Crippen molar-refractivity contribution in [2.45, 2.75) is 17.7 Å². The largest absolute Gasteiger partial charge is 0.497 e. The average molecular weight is 436 g/mol. The molecule has 0 aliphatic carbocycles. The van der Waals surface area contributed by atoms with Gasteiger partial charge in [0.25, 0.3) is 0 Å². The maximum atomic E-state index is 12.7. The van der Waals surface area contributed by atoms with Gasteiger partial charge in [-0.1, -0.05) is 42.1 Å². The van der Waals surface area contributed by atoms with E-state index in [0.29, 0.717) is 11.7 Å². The van der Waals surface area contributed by atoms with E-state index in [4.69, 9.17) is 4.74 Å². The first kappa shape index (κ1) is 20.6. The van der Waals surface area contributed by atoms with Crippen LogP contribution in [0.15, 0.2) is 78.7 Å². The molecule has 31 heavy (non-hydrogen) atoms. The van der Waals surface area contributed by atoms with Crippen LogP contribution in [0.5, 0.6) is 5.75 Å². The molecule has 0 saturated carbocycles. The van der Waals surface area contributed by atoms with Crippen molar-refractivity contribution in [2.24, 2.45) is 0 Å². The highest BCUT2D eigenvalue weighted by Crippen LogP contribution is 2.22. The fraction of sp³-hybridized carbons (Fsp3) is 0.190. The number of hydrogen-bond acceptors (Lipinski definition) is 7. The van der Waals surface area contributed by atoms with E-state index in [9.17, 15) is 4.79 Å². The molecule has 4 aromatic rings. The Morgan fingerprint density at radius 2 is 1.94 bits per heavy atom. The standard InChI is InChI=1S/C21H21N7O2S/c1-30-18-9-7-17(8-10-18)28-15-23-26-21(28)31-12-20(29)25-19(11-27-14-22-13-24-27)16-5-3-2-4-6-16/h2-10,13-15,19H,11-12H2,1H3,(H,25,29). The van der Waals surface area contributed by atoms with Crippen LogP contribution < -0.4 is 10.1 Å². The van der Waals surface area contributed by atoms with Crippen LogP contribution in [0.1, 0.15) is 11.6 Å². The summed E-state index contributed by atoms with van der Waals surface area (Å²) < 4.78 is 8.73. The van der Waals surface area contributed by atoms with Gasteiger partial charge in [-0.25, -0.2) is 4.98 Å². The van der Waals surface area contributed by atoms with Gasteiger partial charge in [-0.05, 0) is 29.8 Å². The fourth-order valence-electron chi connectivity index (χ4n) is 3.04. The van der Waals surface area contributed by atoms with Crippen molar-refractivity contribution in [3.05, 3.63) is 79.1 Å². The zero-order valence-electron chi connectivity index (χ0n) is 16.8. The second kappa shape index (κ2) is 9.90. The van der Waals surface area contributed by atoms with Crippen molar-refractivity contribution >= 4 is 17.7 Å². The third kappa shape index (κ3) is 5.28. The van der Waals surface area contributed by atoms with Gasteiger partial charge in [0, 0.05) is 5.69 Å². The van der Waals surface area contributed by atoms with Crippen molar-refractivity contribution < 1.29 is 9.53 Å². The van der Waals surface area contributed by atoms with E-state index < -0.39 is 0 Å². The first-order chi connectivity index (χ1) is 15.2. The molecule has 9 nitrogen and oxygen atoms in total. The van der Waals surface area contributed by atoms with Gasteiger partial charge < -0.3 is 10.1 Å². The fourth-order valence-corrected chi connectivity index (χ4v) is 3.78. The third-order valence-electron chi connectivity index (χ3n) is 4.57. The van der Waals surface area contributed by atoms with Gasteiger partial charge in [0.05, 0.1) is 25.4 Å². The quantitative estimate of drug-likeness (QED) is 0.403. The smallest absolute Gasteiger partial charge is 0.231 e. The Kier molecular flexibility index (Phi) is 6.58. The summed E-state index contributed by atoms with van der Waals surface area (Å²) in [5.41, 5.74) is 1.89. The van der Waals surface area contributed by atoms with Gasteiger partial charge >= 0.3 is 0 Å². The van der Waals surface area contributed by atoms with Gasteiger partial charge in [0.15, 0.2) is 5.16 Å². The number of nitrogens with one attached hydrogen (secondary N) is 1. The highest BCUT2D eigenvalue weighted by Gasteiger charge is 2.17. The molecule has 0 radical (unpaired) electrons. The van der Waals surface area contributed by atoms with E-state index >= 15 is 0 Å². The van der Waals surface area contributed by atoms with E-state index in [1.165, 1.54) is 18.1 Å². The van der Waals surface area contributed by atoms with E-state index in [2.05, 4.69) is 25.6 Å². The summed E-state index contributed by atoms with van der Waals surface area (Å²) in [6.45, 7) is 0.489. The number of benzene rings is 2. The van der Waals surface area contributed by atoms with Crippen LogP contribution in [-0.4, -0.2) is 48.3 Å². The van der Waals surface area contributed by atoms with Crippen LogP contribution in [0.4, 0.5) is 0 Å². The Morgan fingerprint density at radius 3 is 2.65 bits per heavy atom. The summed E-state index contributed by atoms with van der Waals surface area (Å²) in [4.78, 5) is 16.7. The molecular weight excluding hydrogens is 414 g/mol. The number of rotatable bonds is 9. The van der Waals surface area contributed by atoms with Gasteiger partial charge in [0.2, 0.25) is 5.91 Å². The molecule has 0 aliphatic rings. The van der Waals surface area contributed by atoms with Gasteiger partial charge in [-0.2, -0.15) is 5.10 Å². The number of aromatic nitrogens is 6. The lowest BCUT2D eigenvalue weighted by Gasteiger charge is -2.19. The lowest BCUT2D eigenvalue weighted by atomic mass is 10.1. The lowest BCUT2D eigenvalue weighted by molar-refractivity contribution is -0.119. The highest BCUT2D eigenvalue weighted by atomic mass is 32.2. The minimum Gasteiger partial charge on any atom is -0.497 e. The van der Waals surface area contributed by atoms with Gasteiger partial charge in [-0.15, -0.1) is 10.2 Å². The molecule has 1 amide bonds. The van der Waals surface area contributed by atoms with Crippen molar-refractivity contribution in [2.75, 3.05) is 12.9 Å². The zero-order chi connectivity index (χ0) is 21.5. The monoisotopic (exact) mass is 435 g/mol. The highest BCUT2D eigenvalue weighted by molar-refractivity contribution is 7.99. The third-order valence-corrected chi connectivity index (χ3v) is 5.52. The summed E-state index contributed by atoms with van der Waals surface area (Å²) in [5.74, 6) is 0.864. The summed E-state index contributed by atoms with van der Waals surface area (Å²) in [7, 11) is 1.62. The van der Waals surface area contributed by atoms with Crippen LogP contribution in [-0.2, 0) is 11.3 Å². The molecule has 0 fully saturated rings. The zero-order valence-corrected chi connectivity index (χ0v) is 17.6. The summed E-state index contributed by atoms with van der Waals surface area (Å²) in [5, 5.41) is 16.0. The molecule has 0 aliphatic heterocycles. The van der Waals surface area contributed by atoms with Crippen molar-refractivity contribution in [1.29, 1.82) is 0 Å². The van der Waals surface area contributed by atoms with E-state index in [-0.39, 0.29) is 17.7 Å². The van der Waals surface area contributed by atoms with Crippen LogP contribution in [0.3, 0.4) is 0 Å². The normalized spacial score (nSPS) is 11.8. The Hall–Kier alpha value is -3.66. The molecule has 10 heteroatoms. The number of ether oxygens (including phenoxy) is 1. The maximum Gasteiger partial charge on any atom is 0.231 e. The lowest BCUT2D eigenvalue weighted by Crippen LogP contribution is -2.32. The average Bonchev–Trinajstić information content (AvgIpc) is 3.50. The summed E-state index contributed by atoms with van der Waals surface area (Å²) in [6.07, 6.45) is 4.74. The van der Waals surface area contributed by atoms with Crippen LogP contribution in [0.2, 0.25) is 0 Å². The molecule has 2 aromatic carbocycles. The molecule has 2 heterocycles.